The van der Waals surface area contributed by atoms with E-state index in [1.54, 1.807) is 36.4 Å². The minimum atomic E-state index is -1.83. The molecule has 0 radical (unpaired) electrons. The number of phenols is 4. The molecule has 2 aliphatic heterocycles. The van der Waals surface area contributed by atoms with E-state index < -0.39 is 66.9 Å². The number of ether oxygens (including phenoxy) is 5. The molecule has 0 bridgehead atoms. The Morgan fingerprint density at radius 1 is 0.755 bits per heavy atom. The van der Waals surface area contributed by atoms with Gasteiger partial charge in [0.25, 0.3) is 0 Å². The van der Waals surface area contributed by atoms with Crippen molar-refractivity contribution in [2.45, 2.75) is 43.2 Å². The summed E-state index contributed by atoms with van der Waals surface area (Å²) >= 11 is 0. The van der Waals surface area contributed by atoms with E-state index in [0.717, 1.165) is 18.2 Å². The number of fused-ring (bicyclic) bond motifs is 1. The highest BCUT2D eigenvalue weighted by Gasteiger charge is 2.48. The second-order valence-corrected chi connectivity index (χ2v) is 12.2. The van der Waals surface area contributed by atoms with Crippen LogP contribution in [0.1, 0.15) is 39.6 Å². The van der Waals surface area contributed by atoms with Crippen LogP contribution >= 0.6 is 0 Å². The highest BCUT2D eigenvalue weighted by molar-refractivity contribution is 6.02. The van der Waals surface area contributed by atoms with Crippen LogP contribution in [0.4, 0.5) is 0 Å². The van der Waals surface area contributed by atoms with E-state index in [1.807, 2.05) is 0 Å². The number of hydrogen-bond acceptors (Lipinski definition) is 14. The normalized spacial score (nSPS) is 22.6. The van der Waals surface area contributed by atoms with Gasteiger partial charge in [-0.15, -0.1) is 0 Å². The lowest BCUT2D eigenvalue weighted by atomic mass is 9.95. The smallest absolute Gasteiger partial charge is 0.331 e. The summed E-state index contributed by atoms with van der Waals surface area (Å²) in [6.07, 6.45) is -4.19. The van der Waals surface area contributed by atoms with Crippen LogP contribution in [0.15, 0.2) is 97.1 Å². The fraction of sp³-hybridized carbons (Fsp3) is 0.205. The molecule has 6 N–H and O–H groups in total. The Hall–Kier alpha value is -6.35. The summed E-state index contributed by atoms with van der Waals surface area (Å²) in [5.41, 5.74) is 1.62. The van der Waals surface area contributed by atoms with Crippen molar-refractivity contribution in [1.29, 1.82) is 0 Å². The first-order valence-electron chi connectivity index (χ1n) is 16.3. The first kappa shape index (κ1) is 36.4. The van der Waals surface area contributed by atoms with E-state index in [9.17, 15) is 45.0 Å². The van der Waals surface area contributed by atoms with Crippen LogP contribution in [0.5, 0.6) is 34.5 Å². The lowest BCUT2D eigenvalue weighted by Crippen LogP contribution is -2.61. The lowest BCUT2D eigenvalue weighted by Gasteiger charge is -2.41. The minimum absolute atomic E-state index is 0.0219. The maximum atomic E-state index is 13.1. The quantitative estimate of drug-likeness (QED) is 0.101. The molecule has 0 saturated carbocycles. The Kier molecular flexibility index (Phi) is 10.9. The molecule has 0 unspecified atom stereocenters. The zero-order valence-electron chi connectivity index (χ0n) is 27.7. The summed E-state index contributed by atoms with van der Waals surface area (Å²) in [4.78, 5) is 38.5. The van der Waals surface area contributed by atoms with E-state index in [2.05, 4.69) is 0 Å². The topological polar surface area (TPSA) is 219 Å². The van der Waals surface area contributed by atoms with Gasteiger partial charge in [-0.25, -0.2) is 9.59 Å². The molecule has 14 nitrogen and oxygen atoms in total. The molecule has 2 heterocycles. The summed E-state index contributed by atoms with van der Waals surface area (Å²) in [5, 5.41) is 61.6. The number of Topliss-reactive ketones (excluding diaryl/α,β-unsaturated/α-hetero) is 1. The van der Waals surface area contributed by atoms with Gasteiger partial charge >= 0.3 is 11.9 Å². The predicted molar refractivity (Wildman–Crippen MR) is 185 cm³/mol. The summed E-state index contributed by atoms with van der Waals surface area (Å²) in [7, 11) is 0. The van der Waals surface area contributed by atoms with Gasteiger partial charge in [0.2, 0.25) is 6.29 Å². The van der Waals surface area contributed by atoms with Crippen LogP contribution in [0.2, 0.25) is 0 Å². The molecular weight excluding hydrogens is 692 g/mol. The molecule has 4 aromatic rings. The van der Waals surface area contributed by atoms with E-state index in [0.29, 0.717) is 16.7 Å². The average molecular weight is 727 g/mol. The molecule has 0 amide bonds. The molecule has 0 spiro atoms. The van der Waals surface area contributed by atoms with Crippen molar-refractivity contribution in [3.05, 3.63) is 119 Å². The second kappa shape index (κ2) is 15.9. The van der Waals surface area contributed by atoms with E-state index in [-0.39, 0.29) is 40.7 Å². The maximum Gasteiger partial charge on any atom is 0.331 e. The Morgan fingerprint density at radius 2 is 1.32 bits per heavy atom. The third-order valence-corrected chi connectivity index (χ3v) is 8.39. The van der Waals surface area contributed by atoms with Gasteiger partial charge < -0.3 is 54.3 Å². The fourth-order valence-electron chi connectivity index (χ4n) is 5.64. The van der Waals surface area contributed by atoms with Crippen molar-refractivity contribution in [2.75, 3.05) is 6.61 Å². The number of esters is 2. The average Bonchev–Trinajstić information content (AvgIpc) is 3.13. The van der Waals surface area contributed by atoms with Gasteiger partial charge in [0, 0.05) is 24.3 Å². The first-order chi connectivity index (χ1) is 25.4. The van der Waals surface area contributed by atoms with E-state index >= 15 is 0 Å². The number of carbonyl (C=O) groups is 3. The van der Waals surface area contributed by atoms with Crippen molar-refractivity contribution in [3.63, 3.8) is 0 Å². The standard InChI is InChI=1S/C39H34O14/c40-24-9-1-21(2-10-24)5-15-33(45)49-20-32-36(47)37(48)38(53-34(46)16-6-22-3-11-25(41)12-4-22)39(52-32)50-27-17-28(43)35-29(44)19-30(51-31(35)18-27)23-7-13-26(42)14-8-23/h1-18,30,32,36-43,47-48H,19-20H2/t30-,32+,36-,37-,38-,39+/m0/s1. The van der Waals surface area contributed by atoms with Crippen molar-refractivity contribution < 1.29 is 68.7 Å². The summed E-state index contributed by atoms with van der Waals surface area (Å²) in [6.45, 7) is -0.570. The molecule has 274 valence electrons. The highest BCUT2D eigenvalue weighted by Crippen LogP contribution is 2.43. The molecule has 2 aliphatic rings. The molecule has 4 aromatic carbocycles. The Morgan fingerprint density at radius 3 is 1.92 bits per heavy atom. The zero-order valence-corrected chi connectivity index (χ0v) is 27.7. The van der Waals surface area contributed by atoms with Crippen LogP contribution in [0.25, 0.3) is 12.2 Å². The van der Waals surface area contributed by atoms with Crippen LogP contribution in [-0.4, -0.2) is 85.7 Å². The summed E-state index contributed by atoms with van der Waals surface area (Å²) < 4.78 is 28.6. The Bertz CT molecular complexity index is 2000. The van der Waals surface area contributed by atoms with Crippen molar-refractivity contribution in [2.24, 2.45) is 0 Å². The number of aliphatic hydroxyl groups is 2. The number of hydrogen-bond donors (Lipinski definition) is 6. The first-order valence-corrected chi connectivity index (χ1v) is 16.3. The Labute approximate surface area is 302 Å². The van der Waals surface area contributed by atoms with E-state index in [1.165, 1.54) is 54.6 Å². The number of ketones is 1. The third-order valence-electron chi connectivity index (χ3n) is 8.39. The SMILES string of the molecule is O=C(C=Cc1ccc(O)cc1)OC[C@H]1O[C@@H](Oc2cc(O)c3c(c2)O[C@H](c2ccc(O)cc2)CC3=O)[C@@H](OC(=O)C=Cc2ccc(O)cc2)[C@@H](O)[C@H]1O. The third kappa shape index (κ3) is 8.94. The zero-order chi connectivity index (χ0) is 37.6. The molecule has 1 fully saturated rings. The number of phenolic OH excluding ortho intramolecular Hbond substituents is 4. The maximum absolute atomic E-state index is 13.1. The van der Waals surface area contributed by atoms with Crippen molar-refractivity contribution in [1.82, 2.24) is 0 Å². The molecule has 6 atom stereocenters. The van der Waals surface area contributed by atoms with Gasteiger partial charge in [-0.3, -0.25) is 4.79 Å². The molecule has 6 rings (SSSR count). The number of aromatic hydroxyl groups is 4. The van der Waals surface area contributed by atoms with Crippen LogP contribution < -0.4 is 9.47 Å². The summed E-state index contributed by atoms with van der Waals surface area (Å²) in [5.74, 6) is -2.78. The number of aliphatic hydroxyl groups excluding tert-OH is 2. The number of rotatable bonds is 10. The number of benzene rings is 4. The van der Waals surface area contributed by atoms with Gasteiger partial charge in [-0.1, -0.05) is 36.4 Å². The monoisotopic (exact) mass is 726 g/mol. The second-order valence-electron chi connectivity index (χ2n) is 12.2. The van der Waals surface area contributed by atoms with Crippen LogP contribution in [-0.2, 0) is 23.8 Å². The Balaban J connectivity index is 1.22. The van der Waals surface area contributed by atoms with Crippen LogP contribution in [0, 0.1) is 0 Å². The van der Waals surface area contributed by atoms with Crippen LogP contribution in [0.3, 0.4) is 0 Å². The van der Waals surface area contributed by atoms with Gasteiger partial charge in [-0.05, 0) is 65.2 Å². The van der Waals surface area contributed by atoms with E-state index in [4.69, 9.17) is 23.7 Å². The highest BCUT2D eigenvalue weighted by atomic mass is 16.7. The fourth-order valence-corrected chi connectivity index (χ4v) is 5.64. The molecule has 1 saturated heterocycles. The van der Waals surface area contributed by atoms with Gasteiger partial charge in [0.05, 0.1) is 6.42 Å². The van der Waals surface area contributed by atoms with Gasteiger partial charge in [0.1, 0.15) is 71.1 Å². The lowest BCUT2D eigenvalue weighted by molar-refractivity contribution is -0.281. The van der Waals surface area contributed by atoms with Gasteiger partial charge in [0.15, 0.2) is 11.9 Å². The van der Waals surface area contributed by atoms with Crippen molar-refractivity contribution in [3.8, 4) is 34.5 Å². The minimum Gasteiger partial charge on any atom is -0.508 e. The number of carbonyl (C=O) groups excluding carboxylic acids is 3. The predicted octanol–water partition coefficient (Wildman–Crippen LogP) is 3.92. The summed E-state index contributed by atoms with van der Waals surface area (Å²) in [6, 6.07) is 20.4. The molecule has 0 aromatic heterocycles. The molecule has 53 heavy (non-hydrogen) atoms. The molecular formula is C39H34O14. The molecule has 14 heteroatoms. The largest absolute Gasteiger partial charge is 0.508 e. The molecule has 0 aliphatic carbocycles. The van der Waals surface area contributed by atoms with Crippen molar-refractivity contribution >= 4 is 29.9 Å². The van der Waals surface area contributed by atoms with Gasteiger partial charge in [-0.2, -0.15) is 0 Å².